The lowest BCUT2D eigenvalue weighted by Crippen LogP contribution is -2.34. The normalized spacial score (nSPS) is 15.5. The van der Waals surface area contributed by atoms with Crippen molar-refractivity contribution >= 4 is 46.4 Å². The van der Waals surface area contributed by atoms with Crippen LogP contribution in [-0.4, -0.2) is 43.2 Å². The highest BCUT2D eigenvalue weighted by Crippen LogP contribution is 2.34. The summed E-state index contributed by atoms with van der Waals surface area (Å²) in [6.45, 7) is 4.37. The Hall–Kier alpha value is -3.52. The molecule has 1 aliphatic heterocycles. The number of benzene rings is 2. The predicted molar refractivity (Wildman–Crippen MR) is 135 cm³/mol. The van der Waals surface area contributed by atoms with Crippen molar-refractivity contribution in [3.05, 3.63) is 59.2 Å². The summed E-state index contributed by atoms with van der Waals surface area (Å²) in [5.74, 6) is 1.60. The lowest BCUT2D eigenvalue weighted by atomic mass is 10.00. The van der Waals surface area contributed by atoms with Gasteiger partial charge in [-0.25, -0.2) is 9.78 Å². The van der Waals surface area contributed by atoms with Crippen molar-refractivity contribution in [3.63, 3.8) is 0 Å². The second-order valence-electron chi connectivity index (χ2n) is 8.26. The molecule has 4 rings (SSSR count). The molecule has 8 nitrogen and oxygen atoms in total. The average Bonchev–Trinajstić information content (AvgIpc) is 2.86. The minimum absolute atomic E-state index is 0.312. The molecule has 2 aromatic carbocycles. The van der Waals surface area contributed by atoms with Crippen molar-refractivity contribution in [2.24, 2.45) is 5.92 Å². The van der Waals surface area contributed by atoms with E-state index in [9.17, 15) is 4.79 Å². The van der Waals surface area contributed by atoms with Crippen LogP contribution in [0.25, 0.3) is 0 Å². The van der Waals surface area contributed by atoms with Gasteiger partial charge < -0.3 is 25.0 Å². The molecule has 2 N–H and O–H groups in total. The molecule has 9 heteroatoms. The van der Waals surface area contributed by atoms with E-state index in [1.165, 1.54) is 26.1 Å². The second-order valence-corrected chi connectivity index (χ2v) is 8.66. The van der Waals surface area contributed by atoms with Gasteiger partial charge in [-0.1, -0.05) is 30.7 Å². The minimum Gasteiger partial charge on any atom is -0.494 e. The first-order chi connectivity index (χ1) is 16.5. The molecule has 3 aromatic rings. The third-order valence-electron chi connectivity index (χ3n) is 5.78. The van der Waals surface area contributed by atoms with Crippen molar-refractivity contribution in [1.82, 2.24) is 9.97 Å². The van der Waals surface area contributed by atoms with E-state index in [1.807, 2.05) is 12.1 Å². The maximum Gasteiger partial charge on any atom is 0.339 e. The van der Waals surface area contributed by atoms with E-state index in [2.05, 4.69) is 38.5 Å². The number of aromatic nitrogens is 2. The number of nitrogens with zero attached hydrogens (tertiary/aromatic N) is 3. The molecule has 1 atom stereocenters. The van der Waals surface area contributed by atoms with Crippen LogP contribution in [0.3, 0.4) is 0 Å². The molecular formula is C25H28ClN5O3. The fourth-order valence-corrected chi connectivity index (χ4v) is 4.19. The first-order valence-corrected chi connectivity index (χ1v) is 11.5. The van der Waals surface area contributed by atoms with Crippen LogP contribution in [0.4, 0.5) is 28.8 Å². The number of esters is 1. The zero-order valence-corrected chi connectivity index (χ0v) is 20.2. The summed E-state index contributed by atoms with van der Waals surface area (Å²) in [6, 6.07) is 13.0. The first kappa shape index (κ1) is 23.6. The van der Waals surface area contributed by atoms with Crippen LogP contribution in [0.15, 0.2) is 48.7 Å². The summed E-state index contributed by atoms with van der Waals surface area (Å²) in [4.78, 5) is 23.3. The van der Waals surface area contributed by atoms with Gasteiger partial charge in [0.05, 0.1) is 37.4 Å². The standard InChI is InChI=1S/C25H28ClN5O3/c1-16-7-6-12-31(15-16)17-10-11-21(22(13-17)33-2)29-25-27-14-19(26)23(30-25)28-20-9-5-4-8-18(20)24(32)34-3/h4-5,8-11,13-14,16H,6-7,12,15H2,1-3H3,(H2,27,28,29,30). The van der Waals surface area contributed by atoms with Gasteiger partial charge in [0, 0.05) is 24.8 Å². The quantitative estimate of drug-likeness (QED) is 0.418. The Labute approximate surface area is 204 Å². The SMILES string of the molecule is COC(=O)c1ccccc1Nc1nc(Nc2ccc(N3CCCC(C)C3)cc2OC)ncc1Cl. The van der Waals surface area contributed by atoms with Gasteiger partial charge in [0.25, 0.3) is 0 Å². The average molecular weight is 482 g/mol. The molecule has 0 bridgehead atoms. The lowest BCUT2D eigenvalue weighted by Gasteiger charge is -2.33. The summed E-state index contributed by atoms with van der Waals surface area (Å²) in [6.07, 6.45) is 3.95. The fourth-order valence-electron chi connectivity index (χ4n) is 4.05. The van der Waals surface area contributed by atoms with E-state index in [1.54, 1.807) is 31.4 Å². The Balaban J connectivity index is 1.56. The van der Waals surface area contributed by atoms with Gasteiger partial charge >= 0.3 is 5.97 Å². The molecule has 0 spiro atoms. The molecule has 1 unspecified atom stereocenters. The van der Waals surface area contributed by atoms with Crippen LogP contribution in [0.2, 0.25) is 5.02 Å². The molecule has 2 heterocycles. The van der Waals surface area contributed by atoms with E-state index in [-0.39, 0.29) is 0 Å². The van der Waals surface area contributed by atoms with Gasteiger partial charge in [-0.3, -0.25) is 0 Å². The predicted octanol–water partition coefficient (Wildman–Crippen LogP) is 5.65. The Bertz CT molecular complexity index is 1170. The number of piperidine rings is 1. The molecule has 0 radical (unpaired) electrons. The number of para-hydroxylation sites is 1. The summed E-state index contributed by atoms with van der Waals surface area (Å²) in [5, 5.41) is 6.63. The van der Waals surface area contributed by atoms with E-state index < -0.39 is 5.97 Å². The summed E-state index contributed by atoms with van der Waals surface area (Å²) in [5.41, 5.74) is 2.77. The van der Waals surface area contributed by atoms with Crippen LogP contribution < -0.4 is 20.3 Å². The second kappa shape index (κ2) is 10.6. The minimum atomic E-state index is -0.459. The van der Waals surface area contributed by atoms with Gasteiger partial charge in [-0.15, -0.1) is 0 Å². The Morgan fingerprint density at radius 3 is 2.74 bits per heavy atom. The van der Waals surface area contributed by atoms with E-state index in [4.69, 9.17) is 21.1 Å². The number of hydrogen-bond donors (Lipinski definition) is 2. The van der Waals surface area contributed by atoms with Crippen molar-refractivity contribution in [3.8, 4) is 5.75 Å². The number of halogens is 1. The molecule has 0 saturated carbocycles. The van der Waals surface area contributed by atoms with Crippen LogP contribution in [0.1, 0.15) is 30.1 Å². The van der Waals surface area contributed by atoms with E-state index >= 15 is 0 Å². The maximum atomic E-state index is 12.1. The molecule has 1 aliphatic rings. The molecular weight excluding hydrogens is 454 g/mol. The number of anilines is 5. The van der Waals surface area contributed by atoms with Crippen molar-refractivity contribution in [2.75, 3.05) is 42.8 Å². The molecule has 1 fully saturated rings. The highest BCUT2D eigenvalue weighted by atomic mass is 35.5. The lowest BCUT2D eigenvalue weighted by molar-refractivity contribution is 0.0602. The van der Waals surface area contributed by atoms with Gasteiger partial charge in [0.1, 0.15) is 10.8 Å². The zero-order chi connectivity index (χ0) is 24.1. The number of carbonyl (C=O) groups excluding carboxylic acids is 1. The smallest absolute Gasteiger partial charge is 0.339 e. The summed E-state index contributed by atoms with van der Waals surface area (Å²) in [7, 11) is 2.98. The van der Waals surface area contributed by atoms with Crippen LogP contribution >= 0.6 is 11.6 Å². The third kappa shape index (κ3) is 5.34. The molecule has 1 aromatic heterocycles. The molecule has 0 amide bonds. The first-order valence-electron chi connectivity index (χ1n) is 11.2. The zero-order valence-electron chi connectivity index (χ0n) is 19.5. The third-order valence-corrected chi connectivity index (χ3v) is 6.06. The number of methoxy groups -OCH3 is 2. The molecule has 0 aliphatic carbocycles. The van der Waals surface area contributed by atoms with Gasteiger partial charge in [-0.2, -0.15) is 4.98 Å². The Morgan fingerprint density at radius 1 is 1.15 bits per heavy atom. The monoisotopic (exact) mass is 481 g/mol. The van der Waals surface area contributed by atoms with Crippen LogP contribution in [0, 0.1) is 5.92 Å². The maximum absolute atomic E-state index is 12.1. The number of hydrogen-bond acceptors (Lipinski definition) is 8. The number of nitrogens with one attached hydrogen (secondary N) is 2. The van der Waals surface area contributed by atoms with Gasteiger partial charge in [0.2, 0.25) is 5.95 Å². The highest BCUT2D eigenvalue weighted by molar-refractivity contribution is 6.33. The Kier molecular flexibility index (Phi) is 7.37. The summed E-state index contributed by atoms with van der Waals surface area (Å²) < 4.78 is 10.5. The summed E-state index contributed by atoms with van der Waals surface area (Å²) >= 11 is 6.33. The van der Waals surface area contributed by atoms with E-state index in [0.29, 0.717) is 39.7 Å². The highest BCUT2D eigenvalue weighted by Gasteiger charge is 2.19. The number of carbonyl (C=O) groups is 1. The van der Waals surface area contributed by atoms with Crippen molar-refractivity contribution < 1.29 is 14.3 Å². The molecule has 1 saturated heterocycles. The number of rotatable bonds is 7. The van der Waals surface area contributed by atoms with Crippen molar-refractivity contribution in [2.45, 2.75) is 19.8 Å². The molecule has 34 heavy (non-hydrogen) atoms. The van der Waals surface area contributed by atoms with Crippen LogP contribution in [0.5, 0.6) is 5.75 Å². The largest absolute Gasteiger partial charge is 0.494 e. The van der Waals surface area contributed by atoms with Crippen LogP contribution in [-0.2, 0) is 4.74 Å². The topological polar surface area (TPSA) is 88.6 Å². The fraction of sp³-hybridized carbons (Fsp3) is 0.320. The van der Waals surface area contributed by atoms with E-state index in [0.717, 1.165) is 24.5 Å². The van der Waals surface area contributed by atoms with Gasteiger partial charge in [-0.05, 0) is 43.0 Å². The Morgan fingerprint density at radius 2 is 1.97 bits per heavy atom. The number of ether oxygens (including phenoxy) is 2. The van der Waals surface area contributed by atoms with Crippen molar-refractivity contribution in [1.29, 1.82) is 0 Å². The molecule has 178 valence electrons. The van der Waals surface area contributed by atoms with Gasteiger partial charge in [0.15, 0.2) is 5.82 Å².